The maximum atomic E-state index is 12.7. The number of methoxy groups -OCH3 is 1. The molecule has 2 aromatic rings. The molecule has 2 unspecified atom stereocenters. The number of carboxylic acid groups (broad SMARTS) is 1. The summed E-state index contributed by atoms with van der Waals surface area (Å²) in [7, 11) is -3.11. The van der Waals surface area contributed by atoms with Gasteiger partial charge < -0.3 is 29.9 Å². The van der Waals surface area contributed by atoms with Crippen molar-refractivity contribution in [2.45, 2.75) is 24.9 Å². The molecular formula is C23H26NO9P. The Morgan fingerprint density at radius 2 is 1.74 bits per heavy atom. The van der Waals surface area contributed by atoms with Gasteiger partial charge in [-0.3, -0.25) is 4.57 Å². The molecule has 2 aromatic carbocycles. The van der Waals surface area contributed by atoms with Gasteiger partial charge >= 0.3 is 18.0 Å². The van der Waals surface area contributed by atoms with Crippen molar-refractivity contribution in [1.82, 2.24) is 5.32 Å². The summed E-state index contributed by atoms with van der Waals surface area (Å²) in [6.07, 6.45) is 0.594. The van der Waals surface area contributed by atoms with E-state index >= 15 is 0 Å². The molecule has 0 bridgehead atoms. The van der Waals surface area contributed by atoms with E-state index in [0.717, 1.165) is 18.7 Å². The number of aliphatic carboxylic acids is 1. The second-order valence-electron chi connectivity index (χ2n) is 7.26. The van der Waals surface area contributed by atoms with E-state index in [2.05, 4.69) is 10.1 Å². The summed E-state index contributed by atoms with van der Waals surface area (Å²) in [5.41, 5.74) is 1.40. The number of rotatable bonds is 11. The number of hydrogen-bond donors (Lipinski definition) is 4. The van der Waals surface area contributed by atoms with Crippen LogP contribution in [0, 0.1) is 0 Å². The van der Waals surface area contributed by atoms with Crippen LogP contribution in [0.4, 0.5) is 4.79 Å². The molecule has 0 heterocycles. The predicted octanol–water partition coefficient (Wildman–Crippen LogP) is 2.90. The van der Waals surface area contributed by atoms with E-state index in [1.165, 1.54) is 30.3 Å². The Kier molecular flexibility index (Phi) is 10.0. The lowest BCUT2D eigenvalue weighted by Gasteiger charge is -2.21. The van der Waals surface area contributed by atoms with Crippen molar-refractivity contribution in [3.8, 4) is 0 Å². The summed E-state index contributed by atoms with van der Waals surface area (Å²) in [5.74, 6) is -3.70. The normalized spacial score (nSPS) is 14.6. The van der Waals surface area contributed by atoms with E-state index in [1.54, 1.807) is 24.3 Å². The number of nitrogens with one attached hydrogen (secondary N) is 1. The summed E-state index contributed by atoms with van der Waals surface area (Å²) >= 11 is 0. The molecule has 0 spiro atoms. The van der Waals surface area contributed by atoms with Crippen molar-refractivity contribution in [3.63, 3.8) is 0 Å². The Balaban J connectivity index is 1.98. The number of esters is 1. The van der Waals surface area contributed by atoms with E-state index in [1.807, 2.05) is 6.07 Å². The average molecular weight is 491 g/mol. The van der Waals surface area contributed by atoms with Crippen molar-refractivity contribution in [2.24, 2.45) is 0 Å². The zero-order valence-electron chi connectivity index (χ0n) is 18.4. The van der Waals surface area contributed by atoms with E-state index in [4.69, 9.17) is 9.84 Å². The van der Waals surface area contributed by atoms with Gasteiger partial charge in [-0.15, -0.1) is 0 Å². The van der Waals surface area contributed by atoms with Crippen molar-refractivity contribution in [1.29, 1.82) is 0 Å². The highest BCUT2D eigenvalue weighted by molar-refractivity contribution is 7.58. The molecule has 34 heavy (non-hydrogen) atoms. The zero-order chi connectivity index (χ0) is 25.1. The molecule has 4 N–H and O–H groups in total. The molecule has 1 amide bonds. The fourth-order valence-corrected chi connectivity index (χ4v) is 4.43. The number of benzene rings is 2. The van der Waals surface area contributed by atoms with E-state index < -0.39 is 43.4 Å². The van der Waals surface area contributed by atoms with Crippen molar-refractivity contribution >= 4 is 31.5 Å². The number of alkyl carbamates (subject to hydrolysis) is 1. The Morgan fingerprint density at radius 3 is 2.32 bits per heavy atom. The van der Waals surface area contributed by atoms with Crippen LogP contribution >= 0.6 is 7.37 Å². The van der Waals surface area contributed by atoms with E-state index in [0.29, 0.717) is 5.56 Å². The van der Waals surface area contributed by atoms with Gasteiger partial charge in [-0.25, -0.2) is 14.4 Å². The highest BCUT2D eigenvalue weighted by atomic mass is 31.2. The van der Waals surface area contributed by atoms with Crippen LogP contribution in [0.25, 0.3) is 6.08 Å². The summed E-state index contributed by atoms with van der Waals surface area (Å²) < 4.78 is 22.5. The SMILES string of the molecule is COC(=O)[C@H](CCP(=O)(O)C(O)c1ccc(/C=C/C(=O)O)cc1)NC(=O)OCc1ccccc1. The molecule has 0 radical (unpaired) electrons. The minimum absolute atomic E-state index is 0.0323. The third kappa shape index (κ3) is 8.47. The van der Waals surface area contributed by atoms with Crippen LogP contribution in [0.2, 0.25) is 0 Å². The first kappa shape index (κ1) is 26.8. The molecule has 182 valence electrons. The second kappa shape index (κ2) is 12.7. The van der Waals surface area contributed by atoms with Crippen LogP contribution in [0.15, 0.2) is 60.7 Å². The standard InChI is InChI=1S/C23H26NO9P/c1-32-21(27)19(24-23(29)33-15-17-5-3-2-4-6-17)13-14-34(30,31)22(28)18-10-7-16(8-11-18)9-12-20(25)26/h2-12,19,22,28H,13-15H2,1H3,(H,24,29)(H,25,26)(H,30,31)/b12-9+/t19-,22?/m0/s1. The number of carbonyl (C=O) groups is 3. The van der Waals surface area contributed by atoms with Crippen LogP contribution in [0.5, 0.6) is 0 Å². The monoisotopic (exact) mass is 491 g/mol. The van der Waals surface area contributed by atoms with Gasteiger partial charge in [0.25, 0.3) is 0 Å². The maximum Gasteiger partial charge on any atom is 0.408 e. The number of carbonyl (C=O) groups excluding carboxylic acids is 2. The van der Waals surface area contributed by atoms with Gasteiger partial charge in [-0.05, 0) is 29.2 Å². The van der Waals surface area contributed by atoms with E-state index in [-0.39, 0.29) is 18.6 Å². The summed E-state index contributed by atoms with van der Waals surface area (Å²) in [5, 5.41) is 21.4. The molecule has 0 saturated carbocycles. The van der Waals surface area contributed by atoms with Gasteiger partial charge in [0.05, 0.1) is 7.11 Å². The fourth-order valence-electron chi connectivity index (χ4n) is 2.91. The van der Waals surface area contributed by atoms with Crippen molar-refractivity contribution in [3.05, 3.63) is 77.4 Å². The fraction of sp³-hybridized carbons (Fsp3) is 0.261. The van der Waals surface area contributed by atoms with Gasteiger partial charge in [0.15, 0.2) is 5.85 Å². The lowest BCUT2D eigenvalue weighted by atomic mass is 10.1. The lowest BCUT2D eigenvalue weighted by Crippen LogP contribution is -2.42. The average Bonchev–Trinajstić information content (AvgIpc) is 2.84. The second-order valence-corrected chi connectivity index (χ2v) is 9.71. The Bertz CT molecular complexity index is 1050. The van der Waals surface area contributed by atoms with Crippen LogP contribution in [0.1, 0.15) is 29.0 Å². The summed E-state index contributed by atoms with van der Waals surface area (Å²) in [6, 6.07) is 13.4. The largest absolute Gasteiger partial charge is 0.478 e. The van der Waals surface area contributed by atoms with Crippen molar-refractivity contribution < 1.29 is 43.5 Å². The number of carboxylic acids is 1. The van der Waals surface area contributed by atoms with Gasteiger partial charge in [-0.1, -0.05) is 54.6 Å². The smallest absolute Gasteiger partial charge is 0.408 e. The number of amides is 1. The lowest BCUT2D eigenvalue weighted by molar-refractivity contribution is -0.143. The molecular weight excluding hydrogens is 465 g/mol. The first-order valence-corrected chi connectivity index (χ1v) is 12.1. The number of aliphatic hydroxyl groups excluding tert-OH is 1. The minimum atomic E-state index is -4.22. The molecule has 0 aliphatic carbocycles. The zero-order valence-corrected chi connectivity index (χ0v) is 19.3. The molecule has 0 fully saturated rings. The maximum absolute atomic E-state index is 12.7. The van der Waals surface area contributed by atoms with Crippen LogP contribution in [0.3, 0.4) is 0 Å². The molecule has 0 saturated heterocycles. The quantitative estimate of drug-likeness (QED) is 0.211. The van der Waals surface area contributed by atoms with Gasteiger partial charge in [-0.2, -0.15) is 0 Å². The predicted molar refractivity (Wildman–Crippen MR) is 123 cm³/mol. The van der Waals surface area contributed by atoms with Gasteiger partial charge in [0, 0.05) is 12.2 Å². The molecule has 2 rings (SSSR count). The summed E-state index contributed by atoms with van der Waals surface area (Å²) in [6.45, 7) is -0.0323. The Labute approximate surface area is 196 Å². The first-order valence-electron chi connectivity index (χ1n) is 10.2. The third-order valence-corrected chi connectivity index (χ3v) is 6.73. The minimum Gasteiger partial charge on any atom is -0.478 e. The molecule has 0 aromatic heterocycles. The van der Waals surface area contributed by atoms with Gasteiger partial charge in [0.1, 0.15) is 12.6 Å². The van der Waals surface area contributed by atoms with Crippen LogP contribution in [-0.4, -0.2) is 52.5 Å². The van der Waals surface area contributed by atoms with Crippen LogP contribution in [-0.2, 0) is 30.2 Å². The van der Waals surface area contributed by atoms with Crippen molar-refractivity contribution in [2.75, 3.05) is 13.3 Å². The topological polar surface area (TPSA) is 159 Å². The number of ether oxygens (including phenoxy) is 2. The molecule has 10 nitrogen and oxygen atoms in total. The number of aliphatic hydroxyl groups is 1. The molecule has 0 aliphatic rings. The Morgan fingerprint density at radius 1 is 1.09 bits per heavy atom. The third-order valence-electron chi connectivity index (χ3n) is 4.76. The highest BCUT2D eigenvalue weighted by Gasteiger charge is 2.33. The van der Waals surface area contributed by atoms with Gasteiger partial charge in [0.2, 0.25) is 7.37 Å². The first-order chi connectivity index (χ1) is 16.1. The number of hydrogen-bond acceptors (Lipinski definition) is 7. The summed E-state index contributed by atoms with van der Waals surface area (Å²) in [4.78, 5) is 45.1. The molecule has 0 aliphatic heterocycles. The van der Waals surface area contributed by atoms with Crippen LogP contribution < -0.4 is 5.32 Å². The Hall–Kier alpha value is -3.46. The molecule has 11 heteroatoms. The molecule has 3 atom stereocenters. The highest BCUT2D eigenvalue weighted by Crippen LogP contribution is 2.54. The van der Waals surface area contributed by atoms with E-state index in [9.17, 15) is 28.9 Å².